The van der Waals surface area contributed by atoms with Gasteiger partial charge in [-0.3, -0.25) is 4.79 Å². The van der Waals surface area contributed by atoms with Gasteiger partial charge in [-0.25, -0.2) is 4.68 Å². The van der Waals surface area contributed by atoms with Gasteiger partial charge in [0.05, 0.1) is 27.7 Å². The molecule has 7 nitrogen and oxygen atoms in total. The maximum atomic E-state index is 13.7. The minimum atomic E-state index is -0.690. The lowest BCUT2D eigenvalue weighted by atomic mass is 9.70. The summed E-state index contributed by atoms with van der Waals surface area (Å²) in [5.41, 5.74) is 6.73. The van der Waals surface area contributed by atoms with Crippen LogP contribution in [-0.2, 0) is 24.3 Å². The number of aromatic nitrogens is 3. The molecule has 41 heavy (non-hydrogen) atoms. The number of amides is 1. The van der Waals surface area contributed by atoms with Crippen molar-refractivity contribution in [1.82, 2.24) is 19.9 Å². The molecule has 212 valence electrons. The number of halogens is 2. The average Bonchev–Trinajstić information content (AvgIpc) is 3.36. The molecule has 0 N–H and O–H groups in total. The van der Waals surface area contributed by atoms with Crippen molar-refractivity contribution < 1.29 is 14.3 Å². The summed E-state index contributed by atoms with van der Waals surface area (Å²) in [6.07, 6.45) is 3.37. The first-order chi connectivity index (χ1) is 19.7. The summed E-state index contributed by atoms with van der Waals surface area (Å²) in [5.74, 6) is 0.116. The Morgan fingerprint density at radius 2 is 1.80 bits per heavy atom. The van der Waals surface area contributed by atoms with Gasteiger partial charge in [-0.2, -0.15) is 0 Å². The molecule has 0 spiro atoms. The fourth-order valence-electron chi connectivity index (χ4n) is 6.22. The van der Waals surface area contributed by atoms with E-state index in [1.807, 2.05) is 18.5 Å². The number of hydrogen-bond acceptors (Lipinski definition) is 5. The first-order valence-electron chi connectivity index (χ1n) is 14.0. The number of benzene rings is 3. The fourth-order valence-corrected chi connectivity index (χ4v) is 6.85. The van der Waals surface area contributed by atoms with Crippen molar-refractivity contribution in [3.63, 3.8) is 0 Å². The summed E-state index contributed by atoms with van der Waals surface area (Å²) in [6, 6.07) is 13.9. The second-order valence-electron chi connectivity index (χ2n) is 11.7. The van der Waals surface area contributed by atoms with Crippen LogP contribution in [0.3, 0.4) is 0 Å². The number of carbonyl (C=O) groups excluding carboxylic acids is 2. The van der Waals surface area contributed by atoms with Crippen LogP contribution in [0.5, 0.6) is 5.75 Å². The van der Waals surface area contributed by atoms with Gasteiger partial charge >= 0.3 is 0 Å². The SMILES string of the molecule is Cc1c2ccc3c1nnn3CCCCOc1cc(Cl)c(c(Cl)c1)C(=O)N1CCc3ccc(cc3C1)C2C(C)(C)C=O. The lowest BCUT2D eigenvalue weighted by Crippen LogP contribution is -2.36. The molecular weight excluding hydrogens is 559 g/mol. The first-order valence-corrected chi connectivity index (χ1v) is 14.8. The van der Waals surface area contributed by atoms with E-state index in [0.717, 1.165) is 52.4 Å². The fraction of sp³-hybridized carbons (Fsp3) is 0.375. The van der Waals surface area contributed by atoms with Crippen molar-refractivity contribution in [3.05, 3.63) is 85.9 Å². The maximum absolute atomic E-state index is 13.7. The Morgan fingerprint density at radius 3 is 2.56 bits per heavy atom. The first kappa shape index (κ1) is 27.7. The summed E-state index contributed by atoms with van der Waals surface area (Å²) < 4.78 is 7.86. The number of aryl methyl sites for hydroxylation is 2. The summed E-state index contributed by atoms with van der Waals surface area (Å²) >= 11 is 13.2. The normalized spacial score (nSPS) is 17.7. The average molecular weight is 592 g/mol. The summed E-state index contributed by atoms with van der Waals surface area (Å²) in [4.78, 5) is 27.9. The molecule has 0 fully saturated rings. The lowest BCUT2D eigenvalue weighted by Gasteiger charge is -2.34. The van der Waals surface area contributed by atoms with Gasteiger partial charge in [0.1, 0.15) is 17.6 Å². The third-order valence-electron chi connectivity index (χ3n) is 8.47. The number of ether oxygens (including phenoxy) is 1. The number of hydrogen-bond donors (Lipinski definition) is 0. The van der Waals surface area contributed by atoms with Gasteiger partial charge in [-0.05, 0) is 72.2 Å². The van der Waals surface area contributed by atoms with E-state index in [2.05, 4.69) is 47.6 Å². The van der Waals surface area contributed by atoms with Crippen molar-refractivity contribution in [1.29, 1.82) is 0 Å². The molecule has 6 heterocycles. The topological polar surface area (TPSA) is 77.3 Å². The molecule has 5 aliphatic heterocycles. The van der Waals surface area contributed by atoms with E-state index in [0.29, 0.717) is 38.4 Å². The zero-order chi connectivity index (χ0) is 28.9. The Balaban J connectivity index is 1.49. The Kier molecular flexibility index (Phi) is 7.28. The smallest absolute Gasteiger partial charge is 0.257 e. The number of rotatable bonds is 2. The molecule has 0 saturated heterocycles. The van der Waals surface area contributed by atoms with Crippen molar-refractivity contribution >= 4 is 46.4 Å². The highest BCUT2D eigenvalue weighted by atomic mass is 35.5. The Morgan fingerprint density at radius 1 is 1.02 bits per heavy atom. The summed E-state index contributed by atoms with van der Waals surface area (Å²) in [7, 11) is 0. The Labute approximate surface area is 249 Å². The minimum absolute atomic E-state index is 0.207. The number of nitrogens with zero attached hydrogens (tertiary/aromatic N) is 4. The molecule has 1 unspecified atom stereocenters. The van der Waals surface area contributed by atoms with E-state index in [4.69, 9.17) is 27.9 Å². The molecule has 9 bridgehead atoms. The highest BCUT2D eigenvalue weighted by Gasteiger charge is 2.35. The quantitative estimate of drug-likeness (QED) is 0.241. The molecule has 0 aliphatic carbocycles. The van der Waals surface area contributed by atoms with Gasteiger partial charge in [-0.15, -0.1) is 5.10 Å². The van der Waals surface area contributed by atoms with Crippen LogP contribution in [-0.4, -0.2) is 45.2 Å². The Hall–Kier alpha value is -3.42. The lowest BCUT2D eigenvalue weighted by molar-refractivity contribution is -0.115. The third kappa shape index (κ3) is 4.99. The van der Waals surface area contributed by atoms with E-state index in [9.17, 15) is 9.59 Å². The van der Waals surface area contributed by atoms with Crippen molar-refractivity contribution in [3.8, 4) is 5.75 Å². The van der Waals surface area contributed by atoms with Crippen molar-refractivity contribution in [2.75, 3.05) is 13.2 Å². The van der Waals surface area contributed by atoms with E-state index in [1.54, 1.807) is 17.0 Å². The molecule has 5 aliphatic rings. The molecule has 0 radical (unpaired) electrons. The molecule has 1 aromatic heterocycles. The molecule has 1 amide bonds. The third-order valence-corrected chi connectivity index (χ3v) is 9.06. The molecule has 3 aromatic carbocycles. The minimum Gasteiger partial charge on any atom is -0.493 e. The van der Waals surface area contributed by atoms with Crippen LogP contribution in [0.1, 0.15) is 70.8 Å². The Bertz CT molecular complexity index is 1660. The van der Waals surface area contributed by atoms with E-state index < -0.39 is 5.41 Å². The molecular formula is C32H32Cl2N4O3. The van der Waals surface area contributed by atoms with Crippen LogP contribution < -0.4 is 4.74 Å². The predicted octanol–water partition coefficient (Wildman–Crippen LogP) is 6.77. The molecule has 0 saturated carbocycles. The zero-order valence-electron chi connectivity index (χ0n) is 23.4. The standard InChI is InChI=1S/C32H32Cl2N4O3/c1-19-24-8-9-27-30(19)35-36-38(27)11-4-5-13-41-23-15-25(33)28(26(34)16-23)31(40)37-12-10-20-6-7-21(14-22(20)17-37)29(24)32(2,3)18-39/h6-9,14-16,18,29H,4-5,10-13,17H2,1-3H3. The van der Waals surface area contributed by atoms with Crippen molar-refractivity contribution in [2.45, 2.75) is 59.0 Å². The van der Waals surface area contributed by atoms with Crippen molar-refractivity contribution in [2.24, 2.45) is 5.41 Å². The van der Waals surface area contributed by atoms with Crippen LogP contribution in [0.2, 0.25) is 10.0 Å². The van der Waals surface area contributed by atoms with Gasteiger partial charge in [0.15, 0.2) is 0 Å². The maximum Gasteiger partial charge on any atom is 0.257 e. The van der Waals surface area contributed by atoms with E-state index in [1.165, 1.54) is 5.56 Å². The van der Waals surface area contributed by atoms with E-state index in [-0.39, 0.29) is 27.4 Å². The van der Waals surface area contributed by atoms with Crippen LogP contribution in [0, 0.1) is 12.3 Å². The van der Waals surface area contributed by atoms with Gasteiger partial charge in [0.2, 0.25) is 0 Å². The van der Waals surface area contributed by atoms with Crippen LogP contribution in [0.15, 0.2) is 42.5 Å². The second-order valence-corrected chi connectivity index (χ2v) is 12.5. The highest BCUT2D eigenvalue weighted by molar-refractivity contribution is 6.39. The summed E-state index contributed by atoms with van der Waals surface area (Å²) in [6.45, 7) is 8.15. The van der Waals surface area contributed by atoms with Gasteiger partial charge in [-0.1, -0.05) is 66.5 Å². The van der Waals surface area contributed by atoms with Crippen LogP contribution >= 0.6 is 23.2 Å². The molecule has 1 atom stereocenters. The zero-order valence-corrected chi connectivity index (χ0v) is 24.9. The van der Waals surface area contributed by atoms with Gasteiger partial charge < -0.3 is 14.4 Å². The molecule has 4 aromatic rings. The highest BCUT2D eigenvalue weighted by Crippen LogP contribution is 2.43. The van der Waals surface area contributed by atoms with Crippen LogP contribution in [0.25, 0.3) is 11.0 Å². The van der Waals surface area contributed by atoms with Gasteiger partial charge in [0, 0.05) is 31.0 Å². The largest absolute Gasteiger partial charge is 0.493 e. The predicted molar refractivity (Wildman–Crippen MR) is 160 cm³/mol. The summed E-state index contributed by atoms with van der Waals surface area (Å²) in [5, 5.41) is 9.55. The van der Waals surface area contributed by atoms with Crippen LogP contribution in [0.4, 0.5) is 0 Å². The molecule has 9 heteroatoms. The van der Waals surface area contributed by atoms with E-state index >= 15 is 0 Å². The number of aldehydes is 1. The van der Waals surface area contributed by atoms with Gasteiger partial charge in [0.25, 0.3) is 5.91 Å². The number of carbonyl (C=O) groups is 2. The molecule has 9 rings (SSSR count). The second kappa shape index (κ2) is 10.8. The monoisotopic (exact) mass is 590 g/mol.